The molecular weight excluding hydrogens is 214 g/mol. The maximum absolute atomic E-state index is 13.0. The Bertz CT molecular complexity index is 362. The number of anilines is 1. The molecule has 0 spiro atoms. The minimum absolute atomic E-state index is 0.0613. The highest BCUT2D eigenvalue weighted by Crippen LogP contribution is 2.34. The van der Waals surface area contributed by atoms with Crippen molar-refractivity contribution in [2.45, 2.75) is 12.8 Å². The van der Waals surface area contributed by atoms with Gasteiger partial charge < -0.3 is 10.4 Å². The van der Waals surface area contributed by atoms with E-state index in [0.717, 1.165) is 0 Å². The lowest BCUT2D eigenvalue weighted by atomic mass is 10.1. The molecule has 1 aromatic carbocycles. The van der Waals surface area contributed by atoms with Gasteiger partial charge in [0.05, 0.1) is 12.2 Å². The number of benzene rings is 1. The SMILES string of the molecule is CNc1cc(C(F)(F)F)c(F)cc1CO. The lowest BCUT2D eigenvalue weighted by Crippen LogP contribution is -2.10. The molecular formula is C9H9F4NO. The summed E-state index contributed by atoms with van der Waals surface area (Å²) >= 11 is 0. The van der Waals surface area contributed by atoms with Crippen molar-refractivity contribution >= 4 is 5.69 Å². The molecule has 0 amide bonds. The molecule has 0 radical (unpaired) electrons. The van der Waals surface area contributed by atoms with E-state index >= 15 is 0 Å². The zero-order chi connectivity index (χ0) is 11.6. The molecule has 1 aromatic rings. The van der Waals surface area contributed by atoms with Gasteiger partial charge in [0, 0.05) is 18.3 Å². The molecule has 0 aromatic heterocycles. The molecule has 2 N–H and O–H groups in total. The zero-order valence-electron chi connectivity index (χ0n) is 7.82. The summed E-state index contributed by atoms with van der Waals surface area (Å²) in [5.41, 5.74) is -1.20. The lowest BCUT2D eigenvalue weighted by molar-refractivity contribution is -0.139. The second kappa shape index (κ2) is 4.06. The predicted octanol–water partition coefficient (Wildman–Crippen LogP) is 2.38. The first kappa shape index (κ1) is 11.8. The van der Waals surface area contributed by atoms with E-state index in [9.17, 15) is 17.6 Å². The van der Waals surface area contributed by atoms with Gasteiger partial charge in [-0.1, -0.05) is 0 Å². The highest BCUT2D eigenvalue weighted by molar-refractivity contribution is 5.53. The number of hydrogen-bond donors (Lipinski definition) is 2. The van der Waals surface area contributed by atoms with E-state index in [1.165, 1.54) is 7.05 Å². The van der Waals surface area contributed by atoms with Crippen LogP contribution in [0.1, 0.15) is 11.1 Å². The summed E-state index contributed by atoms with van der Waals surface area (Å²) < 4.78 is 49.8. The summed E-state index contributed by atoms with van der Waals surface area (Å²) in [5.74, 6) is -1.38. The van der Waals surface area contributed by atoms with Gasteiger partial charge in [-0.3, -0.25) is 0 Å². The van der Waals surface area contributed by atoms with Crippen LogP contribution in [-0.4, -0.2) is 12.2 Å². The van der Waals surface area contributed by atoms with E-state index in [0.29, 0.717) is 12.1 Å². The first-order valence-corrected chi connectivity index (χ1v) is 4.08. The average Bonchev–Trinajstić information content (AvgIpc) is 2.15. The zero-order valence-corrected chi connectivity index (χ0v) is 7.82. The minimum Gasteiger partial charge on any atom is -0.392 e. The van der Waals surface area contributed by atoms with Crippen LogP contribution in [0.4, 0.5) is 23.2 Å². The molecule has 2 nitrogen and oxygen atoms in total. The first-order chi connectivity index (χ1) is 6.90. The first-order valence-electron chi connectivity index (χ1n) is 4.08. The van der Waals surface area contributed by atoms with Crippen molar-refractivity contribution in [1.29, 1.82) is 0 Å². The standard InChI is InChI=1S/C9H9F4NO/c1-14-8-3-6(9(11,12)13)7(10)2-5(8)4-15/h2-3,14-15H,4H2,1H3. The van der Waals surface area contributed by atoms with Gasteiger partial charge >= 0.3 is 6.18 Å². The molecule has 0 heterocycles. The van der Waals surface area contributed by atoms with Gasteiger partial charge in [0.2, 0.25) is 0 Å². The van der Waals surface area contributed by atoms with Crippen molar-refractivity contribution < 1.29 is 22.7 Å². The van der Waals surface area contributed by atoms with E-state index < -0.39 is 24.2 Å². The van der Waals surface area contributed by atoms with Crippen LogP contribution in [0.2, 0.25) is 0 Å². The number of nitrogens with one attached hydrogen (secondary N) is 1. The van der Waals surface area contributed by atoms with E-state index in [4.69, 9.17) is 5.11 Å². The molecule has 0 aliphatic rings. The summed E-state index contributed by atoms with van der Waals surface area (Å²) in [6.45, 7) is -0.523. The summed E-state index contributed by atoms with van der Waals surface area (Å²) in [6, 6.07) is 1.32. The highest BCUT2D eigenvalue weighted by Gasteiger charge is 2.34. The maximum Gasteiger partial charge on any atom is 0.419 e. The van der Waals surface area contributed by atoms with Gasteiger partial charge in [0.25, 0.3) is 0 Å². The Hall–Kier alpha value is -1.30. The van der Waals surface area contributed by atoms with Crippen LogP contribution in [0.3, 0.4) is 0 Å². The molecule has 6 heteroatoms. The van der Waals surface area contributed by atoms with Crippen LogP contribution < -0.4 is 5.32 Å². The highest BCUT2D eigenvalue weighted by atomic mass is 19.4. The quantitative estimate of drug-likeness (QED) is 0.754. The van der Waals surface area contributed by atoms with Crippen molar-refractivity contribution in [3.05, 3.63) is 29.1 Å². The van der Waals surface area contributed by atoms with Crippen LogP contribution in [-0.2, 0) is 12.8 Å². The Morgan fingerprint density at radius 1 is 1.33 bits per heavy atom. The number of rotatable bonds is 2. The van der Waals surface area contributed by atoms with Crippen molar-refractivity contribution in [2.24, 2.45) is 0 Å². The van der Waals surface area contributed by atoms with E-state index in [1.54, 1.807) is 0 Å². The van der Waals surface area contributed by atoms with Gasteiger partial charge in [0.1, 0.15) is 5.82 Å². The summed E-state index contributed by atoms with van der Waals surface area (Å²) in [7, 11) is 1.40. The second-order valence-electron chi connectivity index (χ2n) is 2.90. The summed E-state index contributed by atoms with van der Waals surface area (Å²) in [5, 5.41) is 11.2. The average molecular weight is 223 g/mol. The molecule has 0 atom stereocenters. The third-order valence-electron chi connectivity index (χ3n) is 1.94. The lowest BCUT2D eigenvalue weighted by Gasteiger charge is -2.13. The number of alkyl halides is 3. The Morgan fingerprint density at radius 2 is 1.93 bits per heavy atom. The fourth-order valence-corrected chi connectivity index (χ4v) is 1.20. The van der Waals surface area contributed by atoms with Crippen molar-refractivity contribution in [1.82, 2.24) is 0 Å². The smallest absolute Gasteiger partial charge is 0.392 e. The van der Waals surface area contributed by atoms with Gasteiger partial charge in [-0.05, 0) is 12.1 Å². The number of aliphatic hydroxyl groups is 1. The van der Waals surface area contributed by atoms with Crippen LogP contribution in [0.25, 0.3) is 0 Å². The Morgan fingerprint density at radius 3 is 2.33 bits per heavy atom. The molecule has 1 rings (SSSR count). The molecule has 0 saturated heterocycles. The van der Waals surface area contributed by atoms with E-state index in [1.807, 2.05) is 0 Å². The normalized spacial score (nSPS) is 11.6. The third-order valence-corrected chi connectivity index (χ3v) is 1.94. The fraction of sp³-hybridized carbons (Fsp3) is 0.333. The molecule has 84 valence electrons. The number of halogens is 4. The largest absolute Gasteiger partial charge is 0.419 e. The summed E-state index contributed by atoms with van der Waals surface area (Å²) in [6.07, 6.45) is -4.73. The molecule has 0 saturated carbocycles. The molecule has 0 bridgehead atoms. The van der Waals surface area contributed by atoms with Crippen molar-refractivity contribution in [3.63, 3.8) is 0 Å². The minimum atomic E-state index is -4.73. The molecule has 0 aliphatic heterocycles. The Kier molecular flexibility index (Phi) is 3.18. The van der Waals surface area contributed by atoms with Crippen molar-refractivity contribution in [3.8, 4) is 0 Å². The number of hydrogen-bond acceptors (Lipinski definition) is 2. The van der Waals surface area contributed by atoms with Gasteiger partial charge in [0.15, 0.2) is 0 Å². The number of aliphatic hydroxyl groups excluding tert-OH is 1. The topological polar surface area (TPSA) is 32.3 Å². The van der Waals surface area contributed by atoms with Crippen LogP contribution in [0.15, 0.2) is 12.1 Å². The maximum atomic E-state index is 13.0. The van der Waals surface area contributed by atoms with Crippen LogP contribution >= 0.6 is 0 Å². The summed E-state index contributed by atoms with van der Waals surface area (Å²) in [4.78, 5) is 0. The third kappa shape index (κ3) is 2.38. The molecule has 15 heavy (non-hydrogen) atoms. The Labute approximate surface area is 83.5 Å². The van der Waals surface area contributed by atoms with E-state index in [-0.39, 0.29) is 11.3 Å². The molecule has 0 unspecified atom stereocenters. The fourth-order valence-electron chi connectivity index (χ4n) is 1.20. The molecule has 0 aliphatic carbocycles. The Balaban J connectivity index is 3.32. The van der Waals surface area contributed by atoms with E-state index in [2.05, 4.69) is 5.32 Å². The predicted molar refractivity (Wildman–Crippen MR) is 46.9 cm³/mol. The van der Waals surface area contributed by atoms with Gasteiger partial charge in [-0.2, -0.15) is 13.2 Å². The second-order valence-corrected chi connectivity index (χ2v) is 2.90. The monoisotopic (exact) mass is 223 g/mol. The van der Waals surface area contributed by atoms with Gasteiger partial charge in [-0.25, -0.2) is 4.39 Å². The molecule has 0 fully saturated rings. The van der Waals surface area contributed by atoms with Crippen LogP contribution in [0, 0.1) is 5.82 Å². The van der Waals surface area contributed by atoms with Crippen LogP contribution in [0.5, 0.6) is 0 Å². The van der Waals surface area contributed by atoms with Crippen molar-refractivity contribution in [2.75, 3.05) is 12.4 Å². The van der Waals surface area contributed by atoms with Gasteiger partial charge in [-0.15, -0.1) is 0 Å².